The third-order valence-corrected chi connectivity index (χ3v) is 5.13. The lowest BCUT2D eigenvalue weighted by Crippen LogP contribution is -2.38. The number of anilines is 1. The minimum absolute atomic E-state index is 0.0384. The Kier molecular flexibility index (Phi) is 6.03. The molecule has 30 heavy (non-hydrogen) atoms. The lowest BCUT2D eigenvalue weighted by atomic mass is 10.0. The molecule has 0 spiro atoms. The molecule has 10 heteroatoms. The topological polar surface area (TPSA) is 90.2 Å². The van der Waals surface area contributed by atoms with E-state index in [2.05, 4.69) is 16.9 Å². The molecule has 2 aromatic rings. The van der Waals surface area contributed by atoms with Crippen molar-refractivity contribution in [3.05, 3.63) is 35.1 Å². The summed E-state index contributed by atoms with van der Waals surface area (Å²) < 4.78 is 54.5. The molecule has 1 saturated heterocycles. The van der Waals surface area contributed by atoms with Gasteiger partial charge >= 0.3 is 6.18 Å². The zero-order valence-corrected chi connectivity index (χ0v) is 16.3. The predicted octanol–water partition coefficient (Wildman–Crippen LogP) is 2.94. The Bertz CT molecular complexity index is 1010. The number of aromatic nitrogens is 2. The Morgan fingerprint density at radius 2 is 1.97 bits per heavy atom. The maximum atomic E-state index is 13.7. The number of hydrogen-bond acceptors (Lipinski definition) is 4. The first-order valence-electron chi connectivity index (χ1n) is 9.33. The Balaban J connectivity index is 1.93. The van der Waals surface area contributed by atoms with Crippen molar-refractivity contribution in [1.29, 1.82) is 0 Å². The second-order valence-electron chi connectivity index (χ2n) is 6.95. The van der Waals surface area contributed by atoms with Gasteiger partial charge in [-0.05, 0) is 43.9 Å². The lowest BCUT2D eigenvalue weighted by Gasteiger charge is -2.31. The van der Waals surface area contributed by atoms with Gasteiger partial charge in [0.15, 0.2) is 0 Å². The lowest BCUT2D eigenvalue weighted by molar-refractivity contribution is -0.140. The molecule has 0 atom stereocenters. The van der Waals surface area contributed by atoms with Gasteiger partial charge in [-0.2, -0.15) is 18.3 Å². The number of carbonyl (C=O) groups excluding carboxylic acids is 1. The number of piperidine rings is 1. The average Bonchev–Trinajstić information content (AvgIpc) is 3.04. The van der Waals surface area contributed by atoms with E-state index in [-0.39, 0.29) is 35.6 Å². The molecular formula is C20H21F4N5O. The quantitative estimate of drug-likeness (QED) is 0.587. The monoisotopic (exact) mass is 423 g/mol. The molecule has 0 aliphatic carbocycles. The molecule has 3 rings (SSSR count). The Morgan fingerprint density at radius 1 is 1.30 bits per heavy atom. The Labute approximate surface area is 170 Å². The van der Waals surface area contributed by atoms with E-state index in [1.807, 2.05) is 0 Å². The standard InChI is InChI=1S/C20H21F4N5O/c1-2-3-17(30)28-8-6-13(7-9-28)29-19(26)14(11-25)18(27-29)12-4-5-16(21)15(10-12)20(22,23)24/h4-5,10,13H,6-9,11,25-26H2,1H3. The van der Waals surface area contributed by atoms with Crippen LogP contribution < -0.4 is 11.5 Å². The molecule has 0 saturated carbocycles. The minimum Gasteiger partial charge on any atom is -0.384 e. The second-order valence-corrected chi connectivity index (χ2v) is 6.95. The molecule has 160 valence electrons. The number of nitrogens with zero attached hydrogens (tertiary/aromatic N) is 3. The first kappa shape index (κ1) is 21.6. The number of rotatable bonds is 3. The second kappa shape index (κ2) is 8.36. The number of alkyl halides is 3. The number of halogens is 4. The van der Waals surface area contributed by atoms with Crippen LogP contribution in [0.25, 0.3) is 11.3 Å². The molecule has 1 aliphatic rings. The zero-order chi connectivity index (χ0) is 22.1. The van der Waals surface area contributed by atoms with Crippen molar-refractivity contribution in [2.75, 3.05) is 18.8 Å². The number of hydrogen-bond donors (Lipinski definition) is 2. The third kappa shape index (κ3) is 4.11. The van der Waals surface area contributed by atoms with Crippen LogP contribution in [0, 0.1) is 17.7 Å². The Morgan fingerprint density at radius 3 is 2.53 bits per heavy atom. The van der Waals surface area contributed by atoms with Crippen molar-refractivity contribution in [1.82, 2.24) is 14.7 Å². The summed E-state index contributed by atoms with van der Waals surface area (Å²) in [5.74, 6) is 3.71. The van der Waals surface area contributed by atoms with Crippen LogP contribution in [0.5, 0.6) is 0 Å². The predicted molar refractivity (Wildman–Crippen MR) is 103 cm³/mol. The summed E-state index contributed by atoms with van der Waals surface area (Å²) >= 11 is 0. The first-order chi connectivity index (χ1) is 14.2. The van der Waals surface area contributed by atoms with Gasteiger partial charge in [-0.15, -0.1) is 0 Å². The molecule has 4 N–H and O–H groups in total. The highest BCUT2D eigenvalue weighted by Gasteiger charge is 2.35. The van der Waals surface area contributed by atoms with Gasteiger partial charge in [-0.1, -0.05) is 5.92 Å². The van der Waals surface area contributed by atoms with Crippen LogP contribution in [0.4, 0.5) is 23.4 Å². The van der Waals surface area contributed by atoms with Crippen LogP contribution in [0.15, 0.2) is 18.2 Å². The van der Waals surface area contributed by atoms with E-state index in [1.54, 1.807) is 16.5 Å². The van der Waals surface area contributed by atoms with Crippen LogP contribution in [-0.2, 0) is 17.5 Å². The van der Waals surface area contributed by atoms with Gasteiger partial charge in [0.2, 0.25) is 0 Å². The molecular weight excluding hydrogens is 402 g/mol. The van der Waals surface area contributed by atoms with Gasteiger partial charge < -0.3 is 16.4 Å². The van der Waals surface area contributed by atoms with Crippen LogP contribution in [0.2, 0.25) is 0 Å². The zero-order valence-electron chi connectivity index (χ0n) is 16.3. The van der Waals surface area contributed by atoms with Gasteiger partial charge in [-0.3, -0.25) is 4.79 Å². The number of nitrogen functional groups attached to an aromatic ring is 1. The SMILES string of the molecule is CC#CC(=O)N1CCC(n2nc(-c3ccc(F)c(C(F)(F)F)c3)c(CN)c2N)CC1. The fraction of sp³-hybridized carbons (Fsp3) is 0.400. The molecule has 0 radical (unpaired) electrons. The molecule has 0 unspecified atom stereocenters. The van der Waals surface area contributed by atoms with E-state index in [0.717, 1.165) is 6.07 Å². The van der Waals surface area contributed by atoms with E-state index >= 15 is 0 Å². The summed E-state index contributed by atoms with van der Waals surface area (Å²) in [5, 5.41) is 4.42. The van der Waals surface area contributed by atoms with E-state index in [4.69, 9.17) is 11.5 Å². The van der Waals surface area contributed by atoms with Crippen molar-refractivity contribution in [3.8, 4) is 23.1 Å². The van der Waals surface area contributed by atoms with Gasteiger partial charge in [0, 0.05) is 30.8 Å². The number of likely N-dealkylation sites (tertiary alicyclic amines) is 1. The summed E-state index contributed by atoms with van der Waals surface area (Å²) in [6, 6.07) is 2.54. The summed E-state index contributed by atoms with van der Waals surface area (Å²) in [7, 11) is 0. The third-order valence-electron chi connectivity index (χ3n) is 5.13. The highest BCUT2D eigenvalue weighted by Crippen LogP contribution is 2.37. The van der Waals surface area contributed by atoms with E-state index in [0.29, 0.717) is 37.6 Å². The van der Waals surface area contributed by atoms with Crippen LogP contribution in [0.3, 0.4) is 0 Å². The van der Waals surface area contributed by atoms with Gasteiger partial charge in [-0.25, -0.2) is 9.07 Å². The minimum atomic E-state index is -4.84. The van der Waals surface area contributed by atoms with Crippen LogP contribution in [-0.4, -0.2) is 33.7 Å². The first-order valence-corrected chi connectivity index (χ1v) is 9.33. The van der Waals surface area contributed by atoms with Crippen molar-refractivity contribution in [2.24, 2.45) is 5.73 Å². The normalized spacial score (nSPS) is 15.1. The van der Waals surface area contributed by atoms with E-state index in [1.165, 1.54) is 6.07 Å². The highest BCUT2D eigenvalue weighted by atomic mass is 19.4. The number of carbonyl (C=O) groups is 1. The number of amides is 1. The molecule has 0 bridgehead atoms. The molecule has 6 nitrogen and oxygen atoms in total. The summed E-state index contributed by atoms with van der Waals surface area (Å²) in [5.41, 5.74) is 11.3. The summed E-state index contributed by atoms with van der Waals surface area (Å²) in [6.07, 6.45) is -3.72. The van der Waals surface area contributed by atoms with Crippen molar-refractivity contribution in [2.45, 2.75) is 38.5 Å². The highest BCUT2D eigenvalue weighted by molar-refractivity contribution is 5.93. The van der Waals surface area contributed by atoms with Crippen molar-refractivity contribution < 1.29 is 22.4 Å². The van der Waals surface area contributed by atoms with E-state index < -0.39 is 17.6 Å². The van der Waals surface area contributed by atoms with Crippen LogP contribution in [0.1, 0.15) is 36.9 Å². The molecule has 1 amide bonds. The van der Waals surface area contributed by atoms with Gasteiger partial charge in [0.25, 0.3) is 5.91 Å². The molecule has 1 aromatic carbocycles. The number of benzene rings is 1. The van der Waals surface area contributed by atoms with E-state index in [9.17, 15) is 22.4 Å². The fourth-order valence-corrected chi connectivity index (χ4v) is 3.58. The van der Waals surface area contributed by atoms with Crippen LogP contribution >= 0.6 is 0 Å². The fourth-order valence-electron chi connectivity index (χ4n) is 3.58. The molecule has 1 aliphatic heterocycles. The number of nitrogens with two attached hydrogens (primary N) is 2. The summed E-state index contributed by atoms with van der Waals surface area (Å²) in [4.78, 5) is 13.5. The molecule has 2 heterocycles. The maximum Gasteiger partial charge on any atom is 0.419 e. The largest absolute Gasteiger partial charge is 0.419 e. The average molecular weight is 423 g/mol. The Hall–Kier alpha value is -3.06. The van der Waals surface area contributed by atoms with Crippen molar-refractivity contribution >= 4 is 11.7 Å². The summed E-state index contributed by atoms with van der Waals surface area (Å²) in [6.45, 7) is 2.47. The van der Waals surface area contributed by atoms with Gasteiger partial charge in [0.05, 0.1) is 17.3 Å². The van der Waals surface area contributed by atoms with Crippen molar-refractivity contribution in [3.63, 3.8) is 0 Å². The van der Waals surface area contributed by atoms with Gasteiger partial charge in [0.1, 0.15) is 11.6 Å². The smallest absolute Gasteiger partial charge is 0.384 e. The molecule has 1 fully saturated rings. The maximum absolute atomic E-state index is 13.7. The molecule has 1 aromatic heterocycles.